The molecule has 0 aliphatic heterocycles. The molecule has 1 aromatic heterocycles. The second-order valence-corrected chi connectivity index (χ2v) is 4.00. The largest absolute Gasteiger partial charge is 0.383 e. The smallest absolute Gasteiger partial charge is 0.124 e. The lowest BCUT2D eigenvalue weighted by molar-refractivity contribution is 0.184. The van der Waals surface area contributed by atoms with Gasteiger partial charge in [0.25, 0.3) is 0 Å². The molecule has 1 N–H and O–H groups in total. The van der Waals surface area contributed by atoms with Gasteiger partial charge in [0.05, 0.1) is 18.8 Å². The Hall–Kier alpha value is -1.03. The number of rotatable bonds is 8. The van der Waals surface area contributed by atoms with Crippen LogP contribution in [0.25, 0.3) is 0 Å². The lowest BCUT2D eigenvalue weighted by Gasteiger charge is -2.18. The number of hydrogen-bond acceptors (Lipinski definition) is 3. The van der Waals surface area contributed by atoms with Gasteiger partial charge in [-0.25, -0.2) is 4.68 Å². The second kappa shape index (κ2) is 7.28. The molecule has 92 valence electrons. The van der Waals surface area contributed by atoms with Crippen LogP contribution in [0.1, 0.15) is 33.1 Å². The zero-order valence-electron chi connectivity index (χ0n) is 10.6. The van der Waals surface area contributed by atoms with Crippen LogP contribution in [0.2, 0.25) is 0 Å². The van der Waals surface area contributed by atoms with Crippen LogP contribution in [0.4, 0.5) is 5.82 Å². The molecule has 1 unspecified atom stereocenters. The molecule has 4 heteroatoms. The quantitative estimate of drug-likeness (QED) is 0.739. The van der Waals surface area contributed by atoms with Crippen LogP contribution in [-0.2, 0) is 11.3 Å². The van der Waals surface area contributed by atoms with E-state index in [0.29, 0.717) is 6.04 Å². The summed E-state index contributed by atoms with van der Waals surface area (Å²) in [6.07, 6.45) is 5.25. The Morgan fingerprint density at radius 1 is 1.50 bits per heavy atom. The van der Waals surface area contributed by atoms with Crippen molar-refractivity contribution in [2.24, 2.45) is 0 Å². The fourth-order valence-corrected chi connectivity index (χ4v) is 1.61. The molecule has 0 fully saturated rings. The zero-order valence-corrected chi connectivity index (χ0v) is 10.6. The highest BCUT2D eigenvalue weighted by molar-refractivity contribution is 5.35. The molecule has 0 saturated heterocycles. The molecule has 1 atom stereocenters. The first-order valence-electron chi connectivity index (χ1n) is 6.09. The van der Waals surface area contributed by atoms with E-state index < -0.39 is 0 Å². The van der Waals surface area contributed by atoms with Crippen molar-refractivity contribution < 1.29 is 4.74 Å². The third-order valence-electron chi connectivity index (χ3n) is 2.65. The van der Waals surface area contributed by atoms with Gasteiger partial charge >= 0.3 is 0 Å². The normalized spacial score (nSPS) is 12.7. The number of anilines is 1. The number of unbranched alkanes of at least 4 members (excludes halogenated alkanes) is 1. The maximum Gasteiger partial charge on any atom is 0.124 e. The molecule has 1 heterocycles. The van der Waals surface area contributed by atoms with Crippen molar-refractivity contribution in [2.75, 3.05) is 19.0 Å². The van der Waals surface area contributed by atoms with Gasteiger partial charge in [0, 0.05) is 19.7 Å². The number of ether oxygens (including phenoxy) is 1. The van der Waals surface area contributed by atoms with Crippen LogP contribution in [-0.4, -0.2) is 29.5 Å². The standard InChI is InChI=1S/C12H23N3O/c1-4-6-9-15-12(7-8-13-15)14-11(5-2)10-16-3/h7-8,11,14H,4-6,9-10H2,1-3H3. The maximum atomic E-state index is 5.17. The molecular formula is C12H23N3O. The number of aryl methyl sites for hydroxylation is 1. The Kier molecular flexibility index (Phi) is 5.93. The van der Waals surface area contributed by atoms with Crippen molar-refractivity contribution >= 4 is 5.82 Å². The van der Waals surface area contributed by atoms with Gasteiger partial charge in [-0.2, -0.15) is 5.10 Å². The van der Waals surface area contributed by atoms with Gasteiger partial charge in [-0.3, -0.25) is 0 Å². The Morgan fingerprint density at radius 3 is 2.94 bits per heavy atom. The monoisotopic (exact) mass is 225 g/mol. The molecule has 0 aliphatic rings. The summed E-state index contributed by atoms with van der Waals surface area (Å²) in [7, 11) is 1.73. The summed E-state index contributed by atoms with van der Waals surface area (Å²) in [5.41, 5.74) is 0. The molecule has 0 radical (unpaired) electrons. The summed E-state index contributed by atoms with van der Waals surface area (Å²) in [5, 5.41) is 7.78. The summed E-state index contributed by atoms with van der Waals surface area (Å²) in [5.74, 6) is 1.09. The Labute approximate surface area is 98.0 Å². The predicted molar refractivity (Wildman–Crippen MR) is 66.7 cm³/mol. The van der Waals surface area contributed by atoms with Crippen LogP contribution < -0.4 is 5.32 Å². The molecule has 0 spiro atoms. The average molecular weight is 225 g/mol. The number of aromatic nitrogens is 2. The molecule has 1 rings (SSSR count). The summed E-state index contributed by atoms with van der Waals surface area (Å²) >= 11 is 0. The van der Waals surface area contributed by atoms with Crippen molar-refractivity contribution in [1.82, 2.24) is 9.78 Å². The van der Waals surface area contributed by atoms with Gasteiger partial charge in [0.1, 0.15) is 5.82 Å². The maximum absolute atomic E-state index is 5.17. The topological polar surface area (TPSA) is 39.1 Å². The van der Waals surface area contributed by atoms with Crippen molar-refractivity contribution in [3.8, 4) is 0 Å². The van der Waals surface area contributed by atoms with Gasteiger partial charge in [-0.05, 0) is 12.8 Å². The minimum absolute atomic E-state index is 0.363. The number of methoxy groups -OCH3 is 1. The minimum Gasteiger partial charge on any atom is -0.383 e. The van der Waals surface area contributed by atoms with E-state index in [2.05, 4.69) is 24.3 Å². The van der Waals surface area contributed by atoms with E-state index in [-0.39, 0.29) is 0 Å². The fourth-order valence-electron chi connectivity index (χ4n) is 1.61. The zero-order chi connectivity index (χ0) is 11.8. The summed E-state index contributed by atoms with van der Waals surface area (Å²) in [6, 6.07) is 2.38. The summed E-state index contributed by atoms with van der Waals surface area (Å²) in [6.45, 7) is 6.06. The van der Waals surface area contributed by atoms with E-state index >= 15 is 0 Å². The summed E-state index contributed by atoms with van der Waals surface area (Å²) < 4.78 is 7.20. The van der Waals surface area contributed by atoms with Gasteiger partial charge in [-0.1, -0.05) is 20.3 Å². The third kappa shape index (κ3) is 3.85. The number of nitrogens with one attached hydrogen (secondary N) is 1. The molecule has 1 aromatic rings. The SMILES string of the molecule is CCCCn1nccc1NC(CC)COC. The van der Waals surface area contributed by atoms with E-state index in [4.69, 9.17) is 4.74 Å². The molecular weight excluding hydrogens is 202 g/mol. The van der Waals surface area contributed by atoms with Gasteiger partial charge in [-0.15, -0.1) is 0 Å². The number of nitrogens with zero attached hydrogens (tertiary/aromatic N) is 2. The Bertz CT molecular complexity index is 286. The van der Waals surface area contributed by atoms with Crippen LogP contribution in [0, 0.1) is 0 Å². The molecule has 0 bridgehead atoms. The average Bonchev–Trinajstić information content (AvgIpc) is 2.73. The van der Waals surface area contributed by atoms with Gasteiger partial charge in [0.2, 0.25) is 0 Å². The first-order valence-corrected chi connectivity index (χ1v) is 6.09. The van der Waals surface area contributed by atoms with Crippen LogP contribution in [0.15, 0.2) is 12.3 Å². The molecule has 4 nitrogen and oxygen atoms in total. The lowest BCUT2D eigenvalue weighted by Crippen LogP contribution is -2.25. The van der Waals surface area contributed by atoms with E-state index in [9.17, 15) is 0 Å². The first-order chi connectivity index (χ1) is 7.81. The van der Waals surface area contributed by atoms with E-state index in [0.717, 1.165) is 31.8 Å². The van der Waals surface area contributed by atoms with E-state index in [1.54, 1.807) is 7.11 Å². The van der Waals surface area contributed by atoms with Crippen molar-refractivity contribution in [1.29, 1.82) is 0 Å². The third-order valence-corrected chi connectivity index (χ3v) is 2.65. The van der Waals surface area contributed by atoms with E-state index in [1.807, 2.05) is 16.9 Å². The Balaban J connectivity index is 2.54. The van der Waals surface area contributed by atoms with Crippen molar-refractivity contribution in [3.05, 3.63) is 12.3 Å². The van der Waals surface area contributed by atoms with Crippen LogP contribution >= 0.6 is 0 Å². The highest BCUT2D eigenvalue weighted by Crippen LogP contribution is 2.10. The lowest BCUT2D eigenvalue weighted by atomic mass is 10.2. The van der Waals surface area contributed by atoms with Crippen LogP contribution in [0.5, 0.6) is 0 Å². The molecule has 0 amide bonds. The molecule has 16 heavy (non-hydrogen) atoms. The second-order valence-electron chi connectivity index (χ2n) is 4.00. The summed E-state index contributed by atoms with van der Waals surface area (Å²) in [4.78, 5) is 0. The molecule has 0 saturated carbocycles. The highest BCUT2D eigenvalue weighted by atomic mass is 16.5. The highest BCUT2D eigenvalue weighted by Gasteiger charge is 2.08. The molecule has 0 aliphatic carbocycles. The predicted octanol–water partition coefficient (Wildman–Crippen LogP) is 2.52. The minimum atomic E-state index is 0.363. The fraction of sp³-hybridized carbons (Fsp3) is 0.750. The van der Waals surface area contributed by atoms with Crippen molar-refractivity contribution in [2.45, 2.75) is 45.7 Å². The van der Waals surface area contributed by atoms with Crippen LogP contribution in [0.3, 0.4) is 0 Å². The van der Waals surface area contributed by atoms with Gasteiger partial charge in [0.15, 0.2) is 0 Å². The first kappa shape index (κ1) is 13.0. The van der Waals surface area contributed by atoms with Crippen molar-refractivity contribution in [3.63, 3.8) is 0 Å². The van der Waals surface area contributed by atoms with Gasteiger partial charge < -0.3 is 10.1 Å². The molecule has 0 aromatic carbocycles. The van der Waals surface area contributed by atoms with E-state index in [1.165, 1.54) is 6.42 Å². The Morgan fingerprint density at radius 2 is 2.31 bits per heavy atom. The number of hydrogen-bond donors (Lipinski definition) is 1.